The van der Waals surface area contributed by atoms with E-state index in [0.29, 0.717) is 0 Å². The quantitative estimate of drug-likeness (QED) is 0.708. The number of H-pyrrole nitrogens is 1. The Morgan fingerprint density at radius 2 is 1.79 bits per heavy atom. The normalized spacial score (nSPS) is 10.8. The molecule has 0 saturated carbocycles. The maximum Gasteiger partial charge on any atom is 0.0455 e. The number of benzene rings is 2. The third-order valence-electron chi connectivity index (χ3n) is 3.67. The van der Waals surface area contributed by atoms with E-state index in [4.69, 9.17) is 0 Å². The predicted molar refractivity (Wildman–Crippen MR) is 81.5 cm³/mol. The molecule has 0 aliphatic heterocycles. The van der Waals surface area contributed by atoms with Gasteiger partial charge in [-0.25, -0.2) is 0 Å². The zero-order valence-electron chi connectivity index (χ0n) is 11.3. The Morgan fingerprint density at radius 1 is 1.00 bits per heavy atom. The summed E-state index contributed by atoms with van der Waals surface area (Å²) in [5.74, 6) is 0. The van der Waals surface area contributed by atoms with Gasteiger partial charge >= 0.3 is 0 Å². The number of anilines is 1. The number of aromatic nitrogens is 1. The van der Waals surface area contributed by atoms with Crippen molar-refractivity contribution in [2.75, 3.05) is 5.32 Å². The van der Waals surface area contributed by atoms with Gasteiger partial charge in [0.2, 0.25) is 0 Å². The fourth-order valence-electron chi connectivity index (χ4n) is 2.48. The molecule has 0 saturated heterocycles. The Hall–Kier alpha value is -2.22. The molecule has 0 bridgehead atoms. The first kappa shape index (κ1) is 11.8. The molecule has 3 rings (SSSR count). The van der Waals surface area contributed by atoms with Crippen LogP contribution in [-0.2, 0) is 6.54 Å². The second-order valence-electron chi connectivity index (χ2n) is 5.00. The summed E-state index contributed by atoms with van der Waals surface area (Å²) in [5.41, 5.74) is 6.41. The molecule has 2 aromatic carbocycles. The highest BCUT2D eigenvalue weighted by Gasteiger charge is 2.02. The molecular formula is C17H18N2. The van der Waals surface area contributed by atoms with Gasteiger partial charge in [-0.1, -0.05) is 18.2 Å². The van der Waals surface area contributed by atoms with Crippen molar-refractivity contribution in [3.63, 3.8) is 0 Å². The van der Waals surface area contributed by atoms with Crippen LogP contribution in [-0.4, -0.2) is 4.98 Å². The first-order chi connectivity index (χ1) is 9.24. The number of aryl methyl sites for hydroxylation is 2. The molecule has 0 atom stereocenters. The van der Waals surface area contributed by atoms with Gasteiger partial charge in [-0.05, 0) is 54.8 Å². The lowest BCUT2D eigenvalue weighted by Crippen LogP contribution is -2.03. The Labute approximate surface area is 113 Å². The summed E-state index contributed by atoms with van der Waals surface area (Å²) in [7, 11) is 0. The minimum Gasteiger partial charge on any atom is -0.381 e. The van der Waals surface area contributed by atoms with Crippen LogP contribution in [0.5, 0.6) is 0 Å². The second-order valence-corrected chi connectivity index (χ2v) is 5.00. The summed E-state index contributed by atoms with van der Waals surface area (Å²) in [5, 5.41) is 4.75. The zero-order chi connectivity index (χ0) is 13.2. The minimum absolute atomic E-state index is 0.869. The Morgan fingerprint density at radius 3 is 2.58 bits per heavy atom. The van der Waals surface area contributed by atoms with E-state index in [-0.39, 0.29) is 0 Å². The van der Waals surface area contributed by atoms with Gasteiger partial charge in [0.25, 0.3) is 0 Å². The van der Waals surface area contributed by atoms with E-state index < -0.39 is 0 Å². The van der Waals surface area contributed by atoms with Crippen LogP contribution in [0.3, 0.4) is 0 Å². The monoisotopic (exact) mass is 250 g/mol. The van der Waals surface area contributed by atoms with E-state index in [1.54, 1.807) is 0 Å². The highest BCUT2D eigenvalue weighted by Crippen LogP contribution is 2.20. The molecule has 0 fully saturated rings. The van der Waals surface area contributed by atoms with E-state index in [1.807, 2.05) is 6.20 Å². The topological polar surface area (TPSA) is 27.8 Å². The molecule has 2 N–H and O–H groups in total. The van der Waals surface area contributed by atoms with Crippen LogP contribution >= 0.6 is 0 Å². The fourth-order valence-corrected chi connectivity index (χ4v) is 2.48. The van der Waals surface area contributed by atoms with Gasteiger partial charge in [0.15, 0.2) is 0 Å². The van der Waals surface area contributed by atoms with Crippen LogP contribution in [0.4, 0.5) is 5.69 Å². The number of nitrogens with one attached hydrogen (secondary N) is 2. The summed E-state index contributed by atoms with van der Waals surface area (Å²) >= 11 is 0. The van der Waals surface area contributed by atoms with Gasteiger partial charge in [-0.2, -0.15) is 0 Å². The first-order valence-corrected chi connectivity index (χ1v) is 6.60. The number of rotatable bonds is 3. The largest absolute Gasteiger partial charge is 0.381 e. The lowest BCUT2D eigenvalue weighted by Gasteiger charge is -2.12. The molecule has 1 aromatic heterocycles. The first-order valence-electron chi connectivity index (χ1n) is 6.60. The van der Waals surface area contributed by atoms with Crippen molar-refractivity contribution in [2.24, 2.45) is 0 Å². The van der Waals surface area contributed by atoms with E-state index in [0.717, 1.165) is 12.2 Å². The summed E-state index contributed by atoms with van der Waals surface area (Å²) in [6.07, 6.45) is 1.97. The zero-order valence-corrected chi connectivity index (χ0v) is 11.3. The van der Waals surface area contributed by atoms with Gasteiger partial charge in [-0.15, -0.1) is 0 Å². The SMILES string of the molecule is Cc1cccc(C)c1CNc1ccc2[nH]ccc2c1. The highest BCUT2D eigenvalue weighted by atomic mass is 14.9. The molecule has 19 heavy (non-hydrogen) atoms. The van der Waals surface area contributed by atoms with Gasteiger partial charge in [0, 0.05) is 29.3 Å². The van der Waals surface area contributed by atoms with Crippen molar-refractivity contribution in [3.8, 4) is 0 Å². The summed E-state index contributed by atoms with van der Waals surface area (Å²) in [6.45, 7) is 5.20. The molecule has 0 spiro atoms. The molecule has 3 aromatic rings. The van der Waals surface area contributed by atoms with E-state index in [9.17, 15) is 0 Å². The molecule has 2 heteroatoms. The molecular weight excluding hydrogens is 232 g/mol. The van der Waals surface area contributed by atoms with Crippen molar-refractivity contribution in [1.82, 2.24) is 4.98 Å². The molecule has 96 valence electrons. The minimum atomic E-state index is 0.869. The molecule has 0 unspecified atom stereocenters. The number of fused-ring (bicyclic) bond motifs is 1. The smallest absolute Gasteiger partial charge is 0.0455 e. The molecule has 0 aliphatic carbocycles. The number of aromatic amines is 1. The van der Waals surface area contributed by atoms with Gasteiger partial charge in [-0.3, -0.25) is 0 Å². The summed E-state index contributed by atoms with van der Waals surface area (Å²) in [6, 6.07) is 15.0. The van der Waals surface area contributed by atoms with Crippen LogP contribution in [0.15, 0.2) is 48.7 Å². The molecule has 0 radical (unpaired) electrons. The summed E-state index contributed by atoms with van der Waals surface area (Å²) in [4.78, 5) is 3.21. The molecule has 2 nitrogen and oxygen atoms in total. The Bertz CT molecular complexity index is 690. The van der Waals surface area contributed by atoms with Crippen LogP contribution < -0.4 is 5.32 Å². The van der Waals surface area contributed by atoms with E-state index >= 15 is 0 Å². The van der Waals surface area contributed by atoms with Crippen LogP contribution in [0, 0.1) is 13.8 Å². The fraction of sp³-hybridized carbons (Fsp3) is 0.176. The van der Waals surface area contributed by atoms with Crippen molar-refractivity contribution < 1.29 is 0 Å². The van der Waals surface area contributed by atoms with Gasteiger partial charge < -0.3 is 10.3 Å². The predicted octanol–water partition coefficient (Wildman–Crippen LogP) is 4.40. The standard InChI is InChI=1S/C17H18N2/c1-12-4-3-5-13(2)16(12)11-19-15-6-7-17-14(10-15)8-9-18-17/h3-10,18-19H,11H2,1-2H3. The molecule has 0 aliphatic rings. The molecule has 0 amide bonds. The lowest BCUT2D eigenvalue weighted by atomic mass is 10.0. The Balaban J connectivity index is 1.82. The van der Waals surface area contributed by atoms with Gasteiger partial charge in [0.1, 0.15) is 0 Å². The summed E-state index contributed by atoms with van der Waals surface area (Å²) < 4.78 is 0. The third-order valence-corrected chi connectivity index (χ3v) is 3.67. The number of hydrogen-bond acceptors (Lipinski definition) is 1. The average Bonchev–Trinajstić information content (AvgIpc) is 2.85. The van der Waals surface area contributed by atoms with Gasteiger partial charge in [0.05, 0.1) is 0 Å². The lowest BCUT2D eigenvalue weighted by molar-refractivity contribution is 1.09. The van der Waals surface area contributed by atoms with Crippen molar-refractivity contribution in [1.29, 1.82) is 0 Å². The van der Waals surface area contributed by atoms with Crippen molar-refractivity contribution >= 4 is 16.6 Å². The third kappa shape index (κ3) is 2.34. The van der Waals surface area contributed by atoms with Crippen LogP contribution in [0.1, 0.15) is 16.7 Å². The van der Waals surface area contributed by atoms with Crippen LogP contribution in [0.2, 0.25) is 0 Å². The average molecular weight is 250 g/mol. The highest BCUT2D eigenvalue weighted by molar-refractivity contribution is 5.82. The maximum absolute atomic E-state index is 3.51. The van der Waals surface area contributed by atoms with Crippen molar-refractivity contribution in [2.45, 2.75) is 20.4 Å². The van der Waals surface area contributed by atoms with Crippen LogP contribution in [0.25, 0.3) is 10.9 Å². The maximum atomic E-state index is 3.51. The molecule has 1 heterocycles. The van der Waals surface area contributed by atoms with E-state index in [2.05, 4.69) is 66.6 Å². The number of hydrogen-bond donors (Lipinski definition) is 2. The Kier molecular flexibility index (Phi) is 3.00. The van der Waals surface area contributed by atoms with E-state index in [1.165, 1.54) is 27.6 Å². The van der Waals surface area contributed by atoms with Crippen molar-refractivity contribution in [3.05, 3.63) is 65.4 Å². The second kappa shape index (κ2) is 4.81.